The Morgan fingerprint density at radius 2 is 1.90 bits per heavy atom. The average Bonchev–Trinajstić information content (AvgIpc) is 2.47. The van der Waals surface area contributed by atoms with Gasteiger partial charge in [0, 0.05) is 12.6 Å². The quantitative estimate of drug-likeness (QED) is 0.821. The van der Waals surface area contributed by atoms with E-state index >= 15 is 0 Å². The molecule has 116 valence electrons. The molecule has 0 atom stereocenters. The summed E-state index contributed by atoms with van der Waals surface area (Å²) in [6.07, 6.45) is 4.41. The lowest BCUT2D eigenvalue weighted by atomic mass is 10.1. The molecule has 1 heterocycles. The Bertz CT molecular complexity index is 502. The first-order valence-electron chi connectivity index (χ1n) is 7.15. The van der Waals surface area contributed by atoms with Gasteiger partial charge in [-0.3, -0.25) is 0 Å². The lowest BCUT2D eigenvalue weighted by Gasteiger charge is -2.26. The van der Waals surface area contributed by atoms with Crippen molar-refractivity contribution < 1.29 is 23.4 Å². The van der Waals surface area contributed by atoms with Crippen LogP contribution in [-0.2, 0) is 0 Å². The number of carbonyl (C=O) groups is 1. The fraction of sp³-hybridized carbons (Fsp3) is 0.533. The van der Waals surface area contributed by atoms with Crippen molar-refractivity contribution in [3.8, 4) is 5.75 Å². The minimum atomic E-state index is -1.50. The van der Waals surface area contributed by atoms with Gasteiger partial charge in [0.25, 0.3) is 0 Å². The molecule has 1 aromatic rings. The van der Waals surface area contributed by atoms with Gasteiger partial charge >= 0.3 is 5.97 Å². The van der Waals surface area contributed by atoms with Crippen molar-refractivity contribution in [2.75, 3.05) is 26.2 Å². The zero-order valence-electron chi connectivity index (χ0n) is 11.8. The number of ether oxygens (including phenoxy) is 1. The van der Waals surface area contributed by atoms with Crippen LogP contribution >= 0.6 is 0 Å². The number of aromatic carboxylic acids is 1. The molecule has 1 aliphatic rings. The maximum absolute atomic E-state index is 13.6. The molecule has 0 amide bonds. The molecule has 1 N–H and O–H groups in total. The molecule has 0 saturated carbocycles. The van der Waals surface area contributed by atoms with Gasteiger partial charge in [0.05, 0.1) is 12.2 Å². The molecule has 1 aromatic carbocycles. The molecule has 0 bridgehead atoms. The van der Waals surface area contributed by atoms with E-state index in [1.165, 1.54) is 19.3 Å². The number of hydrogen-bond acceptors (Lipinski definition) is 3. The van der Waals surface area contributed by atoms with E-state index in [0.717, 1.165) is 32.1 Å². The van der Waals surface area contributed by atoms with Crippen molar-refractivity contribution in [2.24, 2.45) is 0 Å². The SMILES string of the molecule is O=C(O)c1cc(F)c(OCCCN2CCCCC2)cc1F. The van der Waals surface area contributed by atoms with Crippen LogP contribution in [0.25, 0.3) is 0 Å². The molecule has 2 rings (SSSR count). The van der Waals surface area contributed by atoms with Crippen LogP contribution in [-0.4, -0.2) is 42.2 Å². The Balaban J connectivity index is 1.82. The molecule has 0 aromatic heterocycles. The third-order valence-electron chi connectivity index (χ3n) is 3.58. The number of hydrogen-bond donors (Lipinski definition) is 1. The molecule has 0 radical (unpaired) electrons. The van der Waals surface area contributed by atoms with Crippen LogP contribution in [0.2, 0.25) is 0 Å². The molecule has 1 saturated heterocycles. The first kappa shape index (κ1) is 15.7. The molecule has 0 aliphatic carbocycles. The summed E-state index contributed by atoms with van der Waals surface area (Å²) in [6.45, 7) is 3.31. The molecule has 21 heavy (non-hydrogen) atoms. The highest BCUT2D eigenvalue weighted by molar-refractivity contribution is 5.88. The Labute approximate surface area is 122 Å². The lowest BCUT2D eigenvalue weighted by molar-refractivity contribution is 0.0691. The molecule has 6 heteroatoms. The maximum Gasteiger partial charge on any atom is 0.338 e. The van der Waals surface area contributed by atoms with E-state index in [-0.39, 0.29) is 12.4 Å². The number of halogens is 2. The van der Waals surface area contributed by atoms with Crippen molar-refractivity contribution in [2.45, 2.75) is 25.7 Å². The van der Waals surface area contributed by atoms with Gasteiger partial charge in [0.1, 0.15) is 5.82 Å². The van der Waals surface area contributed by atoms with Gasteiger partial charge in [-0.25, -0.2) is 13.6 Å². The van der Waals surface area contributed by atoms with E-state index in [4.69, 9.17) is 9.84 Å². The summed E-state index contributed by atoms with van der Waals surface area (Å²) in [6, 6.07) is 1.44. The van der Waals surface area contributed by atoms with Gasteiger partial charge < -0.3 is 14.7 Å². The maximum atomic E-state index is 13.6. The number of piperidine rings is 1. The topological polar surface area (TPSA) is 49.8 Å². The van der Waals surface area contributed by atoms with E-state index < -0.39 is 23.2 Å². The zero-order chi connectivity index (χ0) is 15.2. The average molecular weight is 299 g/mol. The summed E-state index contributed by atoms with van der Waals surface area (Å²) in [5.74, 6) is -3.58. The van der Waals surface area contributed by atoms with Gasteiger partial charge in [-0.2, -0.15) is 0 Å². The van der Waals surface area contributed by atoms with Gasteiger partial charge in [-0.1, -0.05) is 6.42 Å². The van der Waals surface area contributed by atoms with Crippen LogP contribution in [0.5, 0.6) is 5.75 Å². The second-order valence-electron chi connectivity index (χ2n) is 5.17. The standard InChI is InChI=1S/C15H19F2NO3/c16-12-10-14(13(17)9-11(12)15(19)20)21-8-4-7-18-5-2-1-3-6-18/h9-10H,1-8H2,(H,19,20). The van der Waals surface area contributed by atoms with Crippen molar-refractivity contribution in [3.63, 3.8) is 0 Å². The summed E-state index contributed by atoms with van der Waals surface area (Å²) in [7, 11) is 0. The monoisotopic (exact) mass is 299 g/mol. The van der Waals surface area contributed by atoms with Crippen molar-refractivity contribution in [1.82, 2.24) is 4.90 Å². The van der Waals surface area contributed by atoms with E-state index in [0.29, 0.717) is 6.07 Å². The molecule has 4 nitrogen and oxygen atoms in total. The smallest absolute Gasteiger partial charge is 0.338 e. The number of likely N-dealkylation sites (tertiary alicyclic amines) is 1. The minimum absolute atomic E-state index is 0.240. The normalized spacial score (nSPS) is 15.9. The number of nitrogens with zero attached hydrogens (tertiary/aromatic N) is 1. The van der Waals surface area contributed by atoms with Crippen molar-refractivity contribution >= 4 is 5.97 Å². The van der Waals surface area contributed by atoms with Crippen LogP contribution in [0, 0.1) is 11.6 Å². The zero-order valence-corrected chi connectivity index (χ0v) is 11.8. The van der Waals surface area contributed by atoms with Gasteiger partial charge in [0.2, 0.25) is 0 Å². The summed E-state index contributed by atoms with van der Waals surface area (Å²) in [5, 5.41) is 8.69. The Morgan fingerprint density at radius 1 is 1.19 bits per heavy atom. The van der Waals surface area contributed by atoms with Crippen molar-refractivity contribution in [3.05, 3.63) is 29.3 Å². The van der Waals surface area contributed by atoms with E-state index in [2.05, 4.69) is 4.90 Å². The third-order valence-corrected chi connectivity index (χ3v) is 3.58. The number of carboxylic acids is 1. The first-order valence-corrected chi connectivity index (χ1v) is 7.15. The molecule has 1 aliphatic heterocycles. The number of carboxylic acid groups (broad SMARTS) is 1. The fourth-order valence-electron chi connectivity index (χ4n) is 2.46. The number of rotatable bonds is 6. The minimum Gasteiger partial charge on any atom is -0.490 e. The van der Waals surface area contributed by atoms with Crippen LogP contribution in [0.4, 0.5) is 8.78 Å². The first-order chi connectivity index (χ1) is 10.1. The summed E-state index contributed by atoms with van der Waals surface area (Å²) in [4.78, 5) is 13.0. The Kier molecular flexibility index (Phi) is 5.50. The molecule has 0 unspecified atom stereocenters. The van der Waals surface area contributed by atoms with E-state index in [1.54, 1.807) is 0 Å². The predicted octanol–water partition coefficient (Wildman–Crippen LogP) is 2.92. The van der Waals surface area contributed by atoms with Crippen LogP contribution in [0.15, 0.2) is 12.1 Å². The van der Waals surface area contributed by atoms with E-state index in [1.807, 2.05) is 0 Å². The summed E-state index contributed by atoms with van der Waals surface area (Å²) in [5.41, 5.74) is -0.687. The molecular formula is C15H19F2NO3. The molecule has 0 spiro atoms. The Morgan fingerprint density at radius 3 is 2.57 bits per heavy atom. The predicted molar refractivity (Wildman–Crippen MR) is 73.7 cm³/mol. The largest absolute Gasteiger partial charge is 0.490 e. The van der Waals surface area contributed by atoms with Crippen LogP contribution in [0.1, 0.15) is 36.0 Å². The van der Waals surface area contributed by atoms with Crippen LogP contribution in [0.3, 0.4) is 0 Å². The highest BCUT2D eigenvalue weighted by atomic mass is 19.1. The number of benzene rings is 1. The highest BCUT2D eigenvalue weighted by Crippen LogP contribution is 2.22. The van der Waals surface area contributed by atoms with Gasteiger partial charge in [-0.05, 0) is 38.4 Å². The fourth-order valence-corrected chi connectivity index (χ4v) is 2.46. The van der Waals surface area contributed by atoms with E-state index in [9.17, 15) is 13.6 Å². The highest BCUT2D eigenvalue weighted by Gasteiger charge is 2.16. The van der Waals surface area contributed by atoms with Gasteiger partial charge in [-0.15, -0.1) is 0 Å². The van der Waals surface area contributed by atoms with Crippen molar-refractivity contribution in [1.29, 1.82) is 0 Å². The van der Waals surface area contributed by atoms with Crippen LogP contribution < -0.4 is 4.74 Å². The van der Waals surface area contributed by atoms with Gasteiger partial charge in [0.15, 0.2) is 11.6 Å². The molecule has 1 fully saturated rings. The Hall–Kier alpha value is -1.69. The summed E-state index contributed by atoms with van der Waals surface area (Å²) >= 11 is 0. The second kappa shape index (κ2) is 7.36. The lowest BCUT2D eigenvalue weighted by Crippen LogP contribution is -2.31. The third kappa shape index (κ3) is 4.39. The molecular weight excluding hydrogens is 280 g/mol. The second-order valence-corrected chi connectivity index (χ2v) is 5.17. The summed E-state index contributed by atoms with van der Waals surface area (Å²) < 4.78 is 32.3.